The van der Waals surface area contributed by atoms with Crippen molar-refractivity contribution in [1.82, 2.24) is 10.3 Å². The van der Waals surface area contributed by atoms with Crippen LogP contribution in [0.15, 0.2) is 29.6 Å². The minimum atomic E-state index is -0.244. The summed E-state index contributed by atoms with van der Waals surface area (Å²) in [5.41, 5.74) is 1.27. The topological polar surface area (TPSA) is 75.0 Å². The molecule has 1 N–H and O–H groups in total. The number of nitrogens with zero attached hydrogens (tertiary/aromatic N) is 2. The third-order valence-corrected chi connectivity index (χ3v) is 4.07. The van der Waals surface area contributed by atoms with Crippen molar-refractivity contribution in [2.24, 2.45) is 0 Å². The van der Waals surface area contributed by atoms with Gasteiger partial charge in [-0.2, -0.15) is 5.26 Å². The number of nitriles is 1. The van der Waals surface area contributed by atoms with E-state index in [-0.39, 0.29) is 18.6 Å². The molecule has 1 heterocycles. The normalized spacial score (nSPS) is 11.5. The van der Waals surface area contributed by atoms with Crippen LogP contribution >= 0.6 is 11.3 Å². The van der Waals surface area contributed by atoms with Gasteiger partial charge in [-0.15, -0.1) is 11.3 Å². The number of aryl methyl sites for hydroxylation is 1. The van der Waals surface area contributed by atoms with Gasteiger partial charge in [-0.1, -0.05) is 19.1 Å². The van der Waals surface area contributed by atoms with Gasteiger partial charge in [-0.25, -0.2) is 4.98 Å². The first-order valence-electron chi connectivity index (χ1n) is 6.99. The van der Waals surface area contributed by atoms with Gasteiger partial charge in [0.1, 0.15) is 11.8 Å². The molecule has 1 aromatic carbocycles. The highest BCUT2D eigenvalue weighted by Crippen LogP contribution is 2.18. The van der Waals surface area contributed by atoms with E-state index < -0.39 is 0 Å². The number of hydrogen-bond acceptors (Lipinski definition) is 5. The Morgan fingerprint density at radius 2 is 2.27 bits per heavy atom. The van der Waals surface area contributed by atoms with Crippen molar-refractivity contribution in [3.8, 4) is 11.8 Å². The van der Waals surface area contributed by atoms with Crippen molar-refractivity contribution < 1.29 is 9.53 Å². The van der Waals surface area contributed by atoms with Crippen LogP contribution in [0, 0.1) is 11.3 Å². The molecular formula is C16H17N3O2S. The summed E-state index contributed by atoms with van der Waals surface area (Å²) in [5.74, 6) is 0.168. The fourth-order valence-corrected chi connectivity index (χ4v) is 2.71. The number of carbonyl (C=O) groups is 1. The summed E-state index contributed by atoms with van der Waals surface area (Å²) >= 11 is 1.59. The number of benzene rings is 1. The van der Waals surface area contributed by atoms with Crippen LogP contribution in [0.3, 0.4) is 0 Å². The van der Waals surface area contributed by atoms with Crippen molar-refractivity contribution in [3.63, 3.8) is 0 Å². The van der Waals surface area contributed by atoms with E-state index in [4.69, 9.17) is 10.00 Å². The minimum absolute atomic E-state index is 0.131. The molecule has 1 atom stereocenters. The van der Waals surface area contributed by atoms with Crippen LogP contribution in [0.25, 0.3) is 0 Å². The highest BCUT2D eigenvalue weighted by molar-refractivity contribution is 7.09. The predicted molar refractivity (Wildman–Crippen MR) is 84.7 cm³/mol. The average molecular weight is 315 g/mol. The highest BCUT2D eigenvalue weighted by atomic mass is 32.1. The number of thiazole rings is 1. The zero-order valence-electron chi connectivity index (χ0n) is 12.5. The van der Waals surface area contributed by atoms with E-state index in [1.165, 1.54) is 0 Å². The van der Waals surface area contributed by atoms with Gasteiger partial charge < -0.3 is 10.1 Å². The van der Waals surface area contributed by atoms with E-state index >= 15 is 0 Å². The molecule has 0 bridgehead atoms. The van der Waals surface area contributed by atoms with Gasteiger partial charge in [0.15, 0.2) is 6.61 Å². The first-order valence-corrected chi connectivity index (χ1v) is 7.87. The number of hydrogen-bond donors (Lipinski definition) is 1. The molecule has 0 aliphatic heterocycles. The number of ether oxygens (including phenoxy) is 1. The second kappa shape index (κ2) is 7.57. The van der Waals surface area contributed by atoms with Gasteiger partial charge >= 0.3 is 0 Å². The Morgan fingerprint density at radius 3 is 2.95 bits per heavy atom. The monoisotopic (exact) mass is 315 g/mol. The van der Waals surface area contributed by atoms with Crippen LogP contribution in [-0.2, 0) is 11.2 Å². The Kier molecular flexibility index (Phi) is 5.50. The summed E-state index contributed by atoms with van der Waals surface area (Å²) in [6.45, 7) is 3.80. The highest BCUT2D eigenvalue weighted by Gasteiger charge is 2.13. The molecule has 0 fully saturated rings. The van der Waals surface area contributed by atoms with Crippen molar-refractivity contribution >= 4 is 17.2 Å². The van der Waals surface area contributed by atoms with E-state index in [0.29, 0.717) is 11.3 Å². The molecule has 0 saturated heterocycles. The van der Waals surface area contributed by atoms with E-state index in [0.717, 1.165) is 17.1 Å². The van der Waals surface area contributed by atoms with Gasteiger partial charge in [0.25, 0.3) is 5.91 Å². The van der Waals surface area contributed by atoms with Gasteiger partial charge in [0, 0.05) is 5.38 Å². The zero-order chi connectivity index (χ0) is 15.9. The summed E-state index contributed by atoms with van der Waals surface area (Å²) in [6.07, 6.45) is 0.888. The molecule has 0 radical (unpaired) electrons. The SMILES string of the molecule is CCc1nc([C@@H](C)NC(=O)COc2ccccc2C#N)cs1. The molecule has 2 aromatic rings. The fourth-order valence-electron chi connectivity index (χ4n) is 1.87. The Labute approximate surface area is 133 Å². The van der Waals surface area contributed by atoms with Crippen molar-refractivity contribution in [2.75, 3.05) is 6.61 Å². The largest absolute Gasteiger partial charge is 0.482 e. The fraction of sp³-hybridized carbons (Fsp3) is 0.312. The molecule has 0 aliphatic carbocycles. The summed E-state index contributed by atoms with van der Waals surface area (Å²) in [7, 11) is 0. The predicted octanol–water partition coefficient (Wildman–Crippen LogP) is 2.83. The summed E-state index contributed by atoms with van der Waals surface area (Å²) in [4.78, 5) is 16.4. The van der Waals surface area contributed by atoms with Crippen molar-refractivity contribution in [2.45, 2.75) is 26.3 Å². The molecular weight excluding hydrogens is 298 g/mol. The first kappa shape index (κ1) is 16.0. The lowest BCUT2D eigenvalue weighted by Gasteiger charge is -2.12. The molecule has 1 aromatic heterocycles. The number of carbonyl (C=O) groups excluding carboxylic acids is 1. The second-order valence-corrected chi connectivity index (χ2v) is 5.65. The third kappa shape index (κ3) is 4.06. The maximum Gasteiger partial charge on any atom is 0.258 e. The lowest BCUT2D eigenvalue weighted by molar-refractivity contribution is -0.123. The Hall–Kier alpha value is -2.39. The molecule has 5 nitrogen and oxygen atoms in total. The standard InChI is InChI=1S/C16H17N3O2S/c1-3-16-19-13(10-22-16)11(2)18-15(20)9-21-14-7-5-4-6-12(14)8-17/h4-7,10-11H,3,9H2,1-2H3,(H,18,20)/t11-/m1/s1. The summed E-state index contributed by atoms with van der Waals surface area (Å²) in [6, 6.07) is 8.70. The van der Waals surface area contributed by atoms with Crippen molar-refractivity contribution in [3.05, 3.63) is 45.9 Å². The van der Waals surface area contributed by atoms with Crippen LogP contribution in [-0.4, -0.2) is 17.5 Å². The lowest BCUT2D eigenvalue weighted by atomic mass is 10.2. The van der Waals surface area contributed by atoms with Crippen LogP contribution in [0.1, 0.15) is 36.2 Å². The smallest absolute Gasteiger partial charge is 0.258 e. The minimum Gasteiger partial charge on any atom is -0.482 e. The molecule has 114 valence electrons. The number of rotatable bonds is 6. The molecule has 0 aliphatic rings. The summed E-state index contributed by atoms with van der Waals surface area (Å²) < 4.78 is 5.40. The average Bonchev–Trinajstić information content (AvgIpc) is 3.02. The third-order valence-electron chi connectivity index (χ3n) is 3.06. The van der Waals surface area contributed by atoms with Gasteiger partial charge in [0.2, 0.25) is 0 Å². The van der Waals surface area contributed by atoms with E-state index in [9.17, 15) is 4.79 Å². The van der Waals surface area contributed by atoms with Gasteiger partial charge in [-0.3, -0.25) is 4.79 Å². The summed E-state index contributed by atoms with van der Waals surface area (Å²) in [5, 5.41) is 14.8. The Morgan fingerprint density at radius 1 is 1.50 bits per heavy atom. The molecule has 6 heteroatoms. The molecule has 0 unspecified atom stereocenters. The molecule has 0 spiro atoms. The molecule has 2 rings (SSSR count). The molecule has 1 amide bonds. The second-order valence-electron chi connectivity index (χ2n) is 4.71. The van der Waals surface area contributed by atoms with Crippen molar-refractivity contribution in [1.29, 1.82) is 5.26 Å². The number of para-hydroxylation sites is 1. The Balaban J connectivity index is 1.89. The van der Waals surface area contributed by atoms with Gasteiger partial charge in [-0.05, 0) is 25.5 Å². The van der Waals surface area contributed by atoms with Gasteiger partial charge in [0.05, 0.1) is 22.3 Å². The van der Waals surface area contributed by atoms with Crippen LogP contribution in [0.2, 0.25) is 0 Å². The van der Waals surface area contributed by atoms with Crippen LogP contribution in [0.5, 0.6) is 5.75 Å². The molecule has 22 heavy (non-hydrogen) atoms. The number of nitrogens with one attached hydrogen (secondary N) is 1. The number of amides is 1. The Bertz CT molecular complexity index is 691. The van der Waals surface area contributed by atoms with E-state index in [2.05, 4.69) is 10.3 Å². The maximum atomic E-state index is 11.9. The first-order chi connectivity index (χ1) is 10.6. The molecule has 0 saturated carbocycles. The lowest BCUT2D eigenvalue weighted by Crippen LogP contribution is -2.31. The van der Waals surface area contributed by atoms with E-state index in [1.807, 2.05) is 25.3 Å². The maximum absolute atomic E-state index is 11.9. The van der Waals surface area contributed by atoms with Crippen LogP contribution < -0.4 is 10.1 Å². The number of aromatic nitrogens is 1. The zero-order valence-corrected chi connectivity index (χ0v) is 13.3. The quantitative estimate of drug-likeness (QED) is 0.889. The van der Waals surface area contributed by atoms with E-state index in [1.54, 1.807) is 35.6 Å². The van der Waals surface area contributed by atoms with Crippen LogP contribution in [0.4, 0.5) is 0 Å².